The van der Waals surface area contributed by atoms with Gasteiger partial charge in [-0.05, 0) is 29.5 Å². The van der Waals surface area contributed by atoms with Crippen molar-refractivity contribution >= 4 is 22.9 Å². The second-order valence-corrected chi connectivity index (χ2v) is 7.11. The van der Waals surface area contributed by atoms with E-state index in [9.17, 15) is 4.79 Å². The van der Waals surface area contributed by atoms with E-state index in [1.54, 1.807) is 11.3 Å². The Morgan fingerprint density at radius 2 is 2.00 bits per heavy atom. The summed E-state index contributed by atoms with van der Waals surface area (Å²) in [5.41, 5.74) is 2.25. The van der Waals surface area contributed by atoms with Crippen molar-refractivity contribution in [3.63, 3.8) is 0 Å². The molecular weight excluding hydrogens is 334 g/mol. The van der Waals surface area contributed by atoms with Crippen LogP contribution in [0.2, 0.25) is 0 Å². The fraction of sp³-hybridized carbons (Fsp3) is 0.421. The molecule has 2 aromatic rings. The Bertz CT molecular complexity index is 654. The van der Waals surface area contributed by atoms with Crippen LogP contribution < -0.4 is 10.6 Å². The Labute approximate surface area is 153 Å². The average molecular weight is 359 g/mol. The first-order chi connectivity index (χ1) is 12.3. The molecule has 0 radical (unpaired) electrons. The molecule has 1 saturated heterocycles. The van der Waals surface area contributed by atoms with Gasteiger partial charge in [0, 0.05) is 36.7 Å². The highest BCUT2D eigenvalue weighted by atomic mass is 32.1. The van der Waals surface area contributed by atoms with E-state index in [1.807, 2.05) is 24.3 Å². The van der Waals surface area contributed by atoms with E-state index >= 15 is 0 Å². The molecule has 5 nitrogen and oxygen atoms in total. The Morgan fingerprint density at radius 1 is 1.16 bits per heavy atom. The highest BCUT2D eigenvalue weighted by molar-refractivity contribution is 7.09. The van der Waals surface area contributed by atoms with Gasteiger partial charge in [-0.15, -0.1) is 11.3 Å². The monoisotopic (exact) mass is 359 g/mol. The summed E-state index contributed by atoms with van der Waals surface area (Å²) in [6.45, 7) is 5.35. The van der Waals surface area contributed by atoms with E-state index in [2.05, 4.69) is 33.0 Å². The molecule has 1 aromatic carbocycles. The summed E-state index contributed by atoms with van der Waals surface area (Å²) in [6.07, 6.45) is 0.886. The number of para-hydroxylation sites is 1. The molecule has 0 spiro atoms. The molecule has 0 unspecified atom stereocenters. The van der Waals surface area contributed by atoms with E-state index in [1.165, 1.54) is 10.4 Å². The van der Waals surface area contributed by atoms with Gasteiger partial charge in [0.1, 0.15) is 0 Å². The third-order valence-electron chi connectivity index (χ3n) is 4.23. The van der Waals surface area contributed by atoms with Crippen LogP contribution in [0, 0.1) is 0 Å². The number of carbonyl (C=O) groups excluding carboxylic acids is 1. The van der Waals surface area contributed by atoms with Gasteiger partial charge in [0.05, 0.1) is 19.8 Å². The zero-order valence-electron chi connectivity index (χ0n) is 14.4. The van der Waals surface area contributed by atoms with Crippen molar-refractivity contribution in [3.8, 4) is 0 Å². The van der Waals surface area contributed by atoms with Gasteiger partial charge in [-0.3, -0.25) is 9.69 Å². The number of hydrogen-bond donors (Lipinski definition) is 2. The van der Waals surface area contributed by atoms with Gasteiger partial charge in [-0.25, -0.2) is 0 Å². The zero-order valence-corrected chi connectivity index (χ0v) is 15.2. The van der Waals surface area contributed by atoms with Crippen molar-refractivity contribution in [2.75, 3.05) is 44.7 Å². The summed E-state index contributed by atoms with van der Waals surface area (Å²) in [5, 5.41) is 8.31. The van der Waals surface area contributed by atoms with E-state index in [-0.39, 0.29) is 5.91 Å². The number of anilines is 1. The molecule has 6 heteroatoms. The first-order valence-electron chi connectivity index (χ1n) is 8.72. The van der Waals surface area contributed by atoms with Gasteiger partial charge in [0.15, 0.2) is 0 Å². The highest BCUT2D eigenvalue weighted by Crippen LogP contribution is 2.17. The predicted octanol–water partition coefficient (Wildman–Crippen LogP) is 2.35. The summed E-state index contributed by atoms with van der Waals surface area (Å²) in [4.78, 5) is 15.7. The molecule has 0 aliphatic carbocycles. The smallest absolute Gasteiger partial charge is 0.239 e. The average Bonchev–Trinajstić information content (AvgIpc) is 3.15. The third-order valence-corrected chi connectivity index (χ3v) is 5.16. The van der Waals surface area contributed by atoms with Crippen LogP contribution in [0.5, 0.6) is 0 Å². The lowest BCUT2D eigenvalue weighted by molar-refractivity contribution is -0.119. The minimum atomic E-state index is 0.0257. The van der Waals surface area contributed by atoms with Crippen LogP contribution in [0.25, 0.3) is 0 Å². The van der Waals surface area contributed by atoms with Gasteiger partial charge in [0.25, 0.3) is 0 Å². The number of hydrogen-bond acceptors (Lipinski definition) is 5. The zero-order chi connectivity index (χ0) is 17.3. The Hall–Kier alpha value is -1.89. The van der Waals surface area contributed by atoms with Crippen LogP contribution >= 0.6 is 11.3 Å². The second kappa shape index (κ2) is 9.56. The number of rotatable bonds is 8. The van der Waals surface area contributed by atoms with E-state index in [4.69, 9.17) is 4.74 Å². The van der Waals surface area contributed by atoms with Gasteiger partial charge < -0.3 is 15.4 Å². The molecule has 25 heavy (non-hydrogen) atoms. The molecule has 3 rings (SSSR count). The van der Waals surface area contributed by atoms with E-state index < -0.39 is 0 Å². The summed E-state index contributed by atoms with van der Waals surface area (Å²) in [5.74, 6) is 0.0257. The van der Waals surface area contributed by atoms with Crippen LogP contribution in [0.4, 0.5) is 5.69 Å². The Balaban J connectivity index is 1.44. The molecule has 134 valence electrons. The third kappa shape index (κ3) is 5.85. The van der Waals surface area contributed by atoms with Crippen molar-refractivity contribution in [2.24, 2.45) is 0 Å². The van der Waals surface area contributed by atoms with Gasteiger partial charge in [-0.2, -0.15) is 0 Å². The maximum atomic E-state index is 12.0. The van der Waals surface area contributed by atoms with Crippen LogP contribution in [0.1, 0.15) is 10.4 Å². The molecule has 0 atom stereocenters. The van der Waals surface area contributed by atoms with E-state index in [0.717, 1.165) is 45.0 Å². The Morgan fingerprint density at radius 3 is 2.80 bits per heavy atom. The number of morpholine rings is 1. The molecule has 1 aromatic heterocycles. The molecule has 0 bridgehead atoms. The maximum absolute atomic E-state index is 12.0. The van der Waals surface area contributed by atoms with Gasteiger partial charge in [-0.1, -0.05) is 24.3 Å². The SMILES string of the molecule is O=C(CNc1ccccc1CN1CCOCC1)NCCc1cccs1. The van der Waals surface area contributed by atoms with Gasteiger partial charge in [0.2, 0.25) is 5.91 Å². The largest absolute Gasteiger partial charge is 0.379 e. The number of nitrogens with one attached hydrogen (secondary N) is 2. The molecule has 1 aliphatic rings. The normalized spacial score (nSPS) is 15.0. The van der Waals surface area contributed by atoms with Crippen LogP contribution in [-0.4, -0.2) is 50.2 Å². The lowest BCUT2D eigenvalue weighted by atomic mass is 10.1. The summed E-state index contributed by atoms with van der Waals surface area (Å²) < 4.78 is 5.40. The number of thiophene rings is 1. The fourth-order valence-electron chi connectivity index (χ4n) is 2.85. The number of nitrogens with zero attached hydrogens (tertiary/aromatic N) is 1. The van der Waals surface area contributed by atoms with Gasteiger partial charge >= 0.3 is 0 Å². The molecule has 1 aliphatic heterocycles. The van der Waals surface area contributed by atoms with Crippen molar-refractivity contribution < 1.29 is 9.53 Å². The molecule has 0 saturated carbocycles. The van der Waals surface area contributed by atoms with Crippen molar-refractivity contribution in [1.29, 1.82) is 0 Å². The minimum absolute atomic E-state index is 0.0257. The van der Waals surface area contributed by atoms with Crippen molar-refractivity contribution in [1.82, 2.24) is 10.2 Å². The molecule has 2 N–H and O–H groups in total. The summed E-state index contributed by atoms with van der Waals surface area (Å²) in [7, 11) is 0. The molecule has 1 fully saturated rings. The number of carbonyl (C=O) groups is 1. The number of amides is 1. The second-order valence-electron chi connectivity index (χ2n) is 6.08. The van der Waals surface area contributed by atoms with Crippen molar-refractivity contribution in [2.45, 2.75) is 13.0 Å². The predicted molar refractivity (Wildman–Crippen MR) is 102 cm³/mol. The molecular formula is C19H25N3O2S. The summed E-state index contributed by atoms with van der Waals surface area (Å²) >= 11 is 1.72. The topological polar surface area (TPSA) is 53.6 Å². The first-order valence-corrected chi connectivity index (χ1v) is 9.60. The maximum Gasteiger partial charge on any atom is 0.239 e. The number of benzene rings is 1. The first kappa shape index (κ1) is 17.9. The lowest BCUT2D eigenvalue weighted by Gasteiger charge is -2.27. The molecule has 2 heterocycles. The quantitative estimate of drug-likeness (QED) is 0.760. The number of ether oxygens (including phenoxy) is 1. The highest BCUT2D eigenvalue weighted by Gasteiger charge is 2.13. The minimum Gasteiger partial charge on any atom is -0.379 e. The standard InChI is InChI=1S/C19H25N3O2S/c23-19(20-8-7-17-5-3-13-25-17)14-21-18-6-2-1-4-16(18)15-22-9-11-24-12-10-22/h1-6,13,21H,7-12,14-15H2,(H,20,23). The van der Waals surface area contributed by atoms with E-state index in [0.29, 0.717) is 13.1 Å². The van der Waals surface area contributed by atoms with Crippen LogP contribution in [0.15, 0.2) is 41.8 Å². The lowest BCUT2D eigenvalue weighted by Crippen LogP contribution is -2.36. The van der Waals surface area contributed by atoms with Crippen molar-refractivity contribution in [3.05, 3.63) is 52.2 Å². The molecule has 1 amide bonds. The van der Waals surface area contributed by atoms with Crippen LogP contribution in [0.3, 0.4) is 0 Å². The fourth-order valence-corrected chi connectivity index (χ4v) is 3.56. The van der Waals surface area contributed by atoms with Crippen LogP contribution in [-0.2, 0) is 22.5 Å². The summed E-state index contributed by atoms with van der Waals surface area (Å²) in [6, 6.07) is 12.3. The Kier molecular flexibility index (Phi) is 6.85.